The van der Waals surface area contributed by atoms with Crippen molar-refractivity contribution in [2.24, 2.45) is 0 Å². The molecule has 4 heteroatoms. The van der Waals surface area contributed by atoms with Gasteiger partial charge in [-0.25, -0.2) is 0 Å². The van der Waals surface area contributed by atoms with Crippen LogP contribution in [-0.2, 0) is 19.6 Å². The number of carbonyl (C=O) groups excluding carboxylic acids is 1. The summed E-state index contributed by atoms with van der Waals surface area (Å²) >= 11 is 0. The zero-order valence-corrected chi connectivity index (χ0v) is 10.7. The molecule has 0 aliphatic carbocycles. The minimum absolute atomic E-state index is 0.00172. The van der Waals surface area contributed by atoms with Crippen LogP contribution in [0.25, 0.3) is 0 Å². The second kappa shape index (κ2) is 5.28. The zero-order valence-electron chi connectivity index (χ0n) is 10.7. The van der Waals surface area contributed by atoms with Gasteiger partial charge < -0.3 is 15.2 Å². The Balaban J connectivity index is 1.58. The van der Waals surface area contributed by atoms with E-state index < -0.39 is 0 Å². The van der Waals surface area contributed by atoms with Gasteiger partial charge >= 0.3 is 0 Å². The Morgan fingerprint density at radius 3 is 2.84 bits per heavy atom. The first kappa shape index (κ1) is 12.0. The van der Waals surface area contributed by atoms with Crippen LogP contribution in [0.2, 0.25) is 0 Å². The molecule has 0 atom stereocenters. The molecule has 1 amide bonds. The Labute approximate surface area is 112 Å². The van der Waals surface area contributed by atoms with Gasteiger partial charge in [-0.3, -0.25) is 4.79 Å². The maximum Gasteiger partial charge on any atom is 0.251 e. The standard InChI is InChI=1S/C15H17N3O/c19-15(17-5-8-18-6-1-2-7-18)12-3-4-13-10-16-11-14(13)9-12/h1-4,6-7,9,16H,5,8,10-11H2,(H,17,19). The van der Waals surface area contributed by atoms with Gasteiger partial charge in [0.15, 0.2) is 0 Å². The van der Waals surface area contributed by atoms with Crippen molar-refractivity contribution in [2.45, 2.75) is 19.6 Å². The molecule has 0 bridgehead atoms. The van der Waals surface area contributed by atoms with Gasteiger partial charge in [-0.05, 0) is 35.4 Å². The summed E-state index contributed by atoms with van der Waals surface area (Å²) in [6.45, 7) is 3.21. The van der Waals surface area contributed by atoms with Gasteiger partial charge in [0.1, 0.15) is 0 Å². The number of nitrogens with zero attached hydrogens (tertiary/aromatic N) is 1. The molecule has 1 aliphatic heterocycles. The van der Waals surface area contributed by atoms with E-state index in [0.717, 1.165) is 25.2 Å². The van der Waals surface area contributed by atoms with E-state index in [2.05, 4.69) is 10.6 Å². The Morgan fingerprint density at radius 1 is 1.21 bits per heavy atom. The predicted octanol–water partition coefficient (Wildman–Crippen LogP) is 1.52. The van der Waals surface area contributed by atoms with Gasteiger partial charge in [-0.1, -0.05) is 6.07 Å². The fourth-order valence-electron chi connectivity index (χ4n) is 2.36. The molecule has 2 heterocycles. The van der Waals surface area contributed by atoms with E-state index >= 15 is 0 Å². The molecule has 0 radical (unpaired) electrons. The van der Waals surface area contributed by atoms with Crippen LogP contribution in [0.3, 0.4) is 0 Å². The molecule has 1 aromatic heterocycles. The first-order valence-electron chi connectivity index (χ1n) is 6.54. The lowest BCUT2D eigenvalue weighted by molar-refractivity contribution is 0.0952. The van der Waals surface area contributed by atoms with Gasteiger partial charge in [0, 0.05) is 44.1 Å². The highest BCUT2D eigenvalue weighted by Crippen LogP contribution is 2.16. The van der Waals surface area contributed by atoms with Crippen LogP contribution in [0.15, 0.2) is 42.7 Å². The van der Waals surface area contributed by atoms with Crippen LogP contribution in [0.1, 0.15) is 21.5 Å². The molecule has 3 rings (SSSR count). The number of nitrogens with one attached hydrogen (secondary N) is 2. The molecular weight excluding hydrogens is 238 g/mol. The monoisotopic (exact) mass is 255 g/mol. The van der Waals surface area contributed by atoms with Gasteiger partial charge in [0.2, 0.25) is 0 Å². The summed E-state index contributed by atoms with van der Waals surface area (Å²) < 4.78 is 2.05. The van der Waals surface area contributed by atoms with Crippen molar-refractivity contribution in [1.29, 1.82) is 0 Å². The zero-order chi connectivity index (χ0) is 13.1. The number of carbonyl (C=O) groups is 1. The molecule has 0 spiro atoms. The second-order valence-corrected chi connectivity index (χ2v) is 4.76. The SMILES string of the molecule is O=C(NCCn1cccc1)c1ccc2c(c1)CNC2. The fraction of sp³-hybridized carbons (Fsp3) is 0.267. The first-order chi connectivity index (χ1) is 9.33. The topological polar surface area (TPSA) is 46.1 Å². The summed E-state index contributed by atoms with van der Waals surface area (Å²) in [5.74, 6) is 0.00172. The third-order valence-corrected chi connectivity index (χ3v) is 3.42. The van der Waals surface area contributed by atoms with E-state index in [1.807, 2.05) is 47.3 Å². The number of aromatic nitrogens is 1. The largest absolute Gasteiger partial charge is 0.353 e. The Bertz CT molecular complexity index is 575. The lowest BCUT2D eigenvalue weighted by atomic mass is 10.1. The van der Waals surface area contributed by atoms with Crippen LogP contribution < -0.4 is 10.6 Å². The molecule has 4 nitrogen and oxygen atoms in total. The lowest BCUT2D eigenvalue weighted by Gasteiger charge is -2.07. The van der Waals surface area contributed by atoms with E-state index in [4.69, 9.17) is 0 Å². The molecule has 0 unspecified atom stereocenters. The van der Waals surface area contributed by atoms with Crippen molar-refractivity contribution in [3.05, 3.63) is 59.4 Å². The highest BCUT2D eigenvalue weighted by Gasteiger charge is 2.12. The molecule has 1 aliphatic rings. The maximum absolute atomic E-state index is 12.0. The average molecular weight is 255 g/mol. The van der Waals surface area contributed by atoms with E-state index in [0.29, 0.717) is 6.54 Å². The fourth-order valence-corrected chi connectivity index (χ4v) is 2.36. The van der Waals surface area contributed by atoms with Crippen LogP contribution in [0.4, 0.5) is 0 Å². The van der Waals surface area contributed by atoms with Crippen molar-refractivity contribution in [1.82, 2.24) is 15.2 Å². The smallest absolute Gasteiger partial charge is 0.251 e. The molecule has 0 fully saturated rings. The first-order valence-corrected chi connectivity index (χ1v) is 6.54. The number of fused-ring (bicyclic) bond motifs is 1. The highest BCUT2D eigenvalue weighted by atomic mass is 16.1. The molecule has 1 aromatic carbocycles. The molecule has 19 heavy (non-hydrogen) atoms. The Hall–Kier alpha value is -2.07. The third kappa shape index (κ3) is 2.69. The summed E-state index contributed by atoms with van der Waals surface area (Å²) in [5.41, 5.74) is 3.27. The van der Waals surface area contributed by atoms with Gasteiger partial charge in [0.25, 0.3) is 5.91 Å². The van der Waals surface area contributed by atoms with Crippen LogP contribution in [0.5, 0.6) is 0 Å². The predicted molar refractivity (Wildman–Crippen MR) is 73.8 cm³/mol. The average Bonchev–Trinajstić information content (AvgIpc) is 3.08. The van der Waals surface area contributed by atoms with E-state index in [1.165, 1.54) is 11.1 Å². The molecule has 0 saturated heterocycles. The third-order valence-electron chi connectivity index (χ3n) is 3.42. The summed E-state index contributed by atoms with van der Waals surface area (Å²) in [6, 6.07) is 9.89. The lowest BCUT2D eigenvalue weighted by Crippen LogP contribution is -2.27. The summed E-state index contributed by atoms with van der Waals surface area (Å²) in [7, 11) is 0. The molecule has 0 saturated carbocycles. The van der Waals surface area contributed by atoms with Crippen molar-refractivity contribution in [2.75, 3.05) is 6.54 Å². The quantitative estimate of drug-likeness (QED) is 0.870. The minimum atomic E-state index is 0.00172. The van der Waals surface area contributed by atoms with E-state index in [9.17, 15) is 4.79 Å². The van der Waals surface area contributed by atoms with Crippen LogP contribution >= 0.6 is 0 Å². The summed E-state index contributed by atoms with van der Waals surface area (Å²) in [6.07, 6.45) is 3.99. The van der Waals surface area contributed by atoms with Crippen molar-refractivity contribution in [3.63, 3.8) is 0 Å². The van der Waals surface area contributed by atoms with Gasteiger partial charge in [-0.2, -0.15) is 0 Å². The number of hydrogen-bond acceptors (Lipinski definition) is 2. The highest BCUT2D eigenvalue weighted by molar-refractivity contribution is 5.94. The van der Waals surface area contributed by atoms with Gasteiger partial charge in [0.05, 0.1) is 0 Å². The van der Waals surface area contributed by atoms with E-state index in [1.54, 1.807) is 0 Å². The van der Waals surface area contributed by atoms with Crippen LogP contribution in [0, 0.1) is 0 Å². The molecule has 2 N–H and O–H groups in total. The second-order valence-electron chi connectivity index (χ2n) is 4.76. The van der Waals surface area contributed by atoms with E-state index in [-0.39, 0.29) is 5.91 Å². The maximum atomic E-state index is 12.0. The number of hydrogen-bond donors (Lipinski definition) is 2. The van der Waals surface area contributed by atoms with Gasteiger partial charge in [-0.15, -0.1) is 0 Å². The van der Waals surface area contributed by atoms with Crippen molar-refractivity contribution >= 4 is 5.91 Å². The Kier molecular flexibility index (Phi) is 3.33. The van der Waals surface area contributed by atoms with Crippen LogP contribution in [-0.4, -0.2) is 17.0 Å². The molecule has 2 aromatic rings. The molecular formula is C15H17N3O. The number of amides is 1. The normalized spacial score (nSPS) is 13.3. The van der Waals surface area contributed by atoms with Crippen molar-refractivity contribution < 1.29 is 4.79 Å². The molecule has 98 valence electrons. The number of rotatable bonds is 4. The summed E-state index contributed by atoms with van der Waals surface area (Å²) in [5, 5.41) is 6.23. The number of benzene rings is 1. The Morgan fingerprint density at radius 2 is 2.00 bits per heavy atom. The van der Waals surface area contributed by atoms with Crippen molar-refractivity contribution in [3.8, 4) is 0 Å². The summed E-state index contributed by atoms with van der Waals surface area (Å²) in [4.78, 5) is 12.0. The minimum Gasteiger partial charge on any atom is -0.353 e.